The van der Waals surface area contributed by atoms with Crippen LogP contribution < -0.4 is 15.4 Å². The van der Waals surface area contributed by atoms with E-state index >= 15 is 0 Å². The van der Waals surface area contributed by atoms with Gasteiger partial charge in [0.2, 0.25) is 0 Å². The summed E-state index contributed by atoms with van der Waals surface area (Å²) >= 11 is 12.0. The second-order valence-corrected chi connectivity index (χ2v) is 6.44. The summed E-state index contributed by atoms with van der Waals surface area (Å²) in [6, 6.07) is 12.4. The van der Waals surface area contributed by atoms with E-state index in [-0.39, 0.29) is 0 Å². The molecule has 2 rings (SSSR count). The molecule has 2 aromatic carbocycles. The molecule has 0 aliphatic heterocycles. The highest BCUT2D eigenvalue weighted by Gasteiger charge is 2.14. The van der Waals surface area contributed by atoms with E-state index in [4.69, 9.17) is 27.9 Å². The predicted molar refractivity (Wildman–Crippen MR) is 99.2 cm³/mol. The van der Waals surface area contributed by atoms with Gasteiger partial charge in [0.15, 0.2) is 6.23 Å². The van der Waals surface area contributed by atoms with E-state index in [0.29, 0.717) is 21.7 Å². The summed E-state index contributed by atoms with van der Waals surface area (Å²) in [6.07, 6.45) is -0.511. The Labute approximate surface area is 152 Å². The third kappa shape index (κ3) is 4.79. The molecule has 0 saturated carbocycles. The third-order valence-corrected chi connectivity index (χ3v) is 4.20. The molecule has 1 unspecified atom stereocenters. The van der Waals surface area contributed by atoms with Crippen molar-refractivity contribution in [3.05, 3.63) is 58.1 Å². The van der Waals surface area contributed by atoms with Crippen molar-refractivity contribution >= 4 is 34.9 Å². The average Bonchev–Trinajstić information content (AvgIpc) is 2.52. The van der Waals surface area contributed by atoms with Crippen LogP contribution in [0.25, 0.3) is 0 Å². The van der Waals surface area contributed by atoms with Crippen LogP contribution in [-0.4, -0.2) is 12.3 Å². The van der Waals surface area contributed by atoms with Gasteiger partial charge in [-0.3, -0.25) is 0 Å². The van der Waals surface area contributed by atoms with Crippen molar-refractivity contribution in [2.75, 3.05) is 5.32 Å². The summed E-state index contributed by atoms with van der Waals surface area (Å²) in [5.74, 6) is 1.08. The minimum Gasteiger partial charge on any atom is -0.471 e. The summed E-state index contributed by atoms with van der Waals surface area (Å²) in [4.78, 5) is 12.1. The SMILES string of the molecule is CC(NC(=O)Nc1cccc(Cl)c1Cl)Oc1ccccc1C(C)C. The molecule has 2 N–H and O–H groups in total. The predicted octanol–water partition coefficient (Wildman–Crippen LogP) is 5.66. The van der Waals surface area contributed by atoms with Gasteiger partial charge in [-0.05, 0) is 36.6 Å². The number of hydrogen-bond acceptors (Lipinski definition) is 2. The van der Waals surface area contributed by atoms with Crippen LogP contribution in [-0.2, 0) is 0 Å². The molecule has 24 heavy (non-hydrogen) atoms. The fraction of sp³-hybridized carbons (Fsp3) is 0.278. The fourth-order valence-corrected chi connectivity index (χ4v) is 2.58. The smallest absolute Gasteiger partial charge is 0.322 e. The normalized spacial score (nSPS) is 11.9. The molecule has 0 aliphatic rings. The Bertz CT molecular complexity index is 720. The number of para-hydroxylation sites is 1. The van der Waals surface area contributed by atoms with Crippen molar-refractivity contribution < 1.29 is 9.53 Å². The van der Waals surface area contributed by atoms with Crippen molar-refractivity contribution in [1.29, 1.82) is 0 Å². The molecule has 2 aromatic rings. The van der Waals surface area contributed by atoms with E-state index in [9.17, 15) is 4.79 Å². The largest absolute Gasteiger partial charge is 0.471 e. The number of urea groups is 1. The van der Waals surface area contributed by atoms with Crippen LogP contribution in [0.1, 0.15) is 32.3 Å². The molecule has 4 nitrogen and oxygen atoms in total. The highest BCUT2D eigenvalue weighted by Crippen LogP contribution is 2.29. The van der Waals surface area contributed by atoms with Gasteiger partial charge >= 0.3 is 6.03 Å². The van der Waals surface area contributed by atoms with Gasteiger partial charge < -0.3 is 15.4 Å². The zero-order chi connectivity index (χ0) is 17.7. The molecule has 0 aromatic heterocycles. The lowest BCUT2D eigenvalue weighted by Gasteiger charge is -2.20. The van der Waals surface area contributed by atoms with Crippen molar-refractivity contribution in [2.45, 2.75) is 32.9 Å². The van der Waals surface area contributed by atoms with Crippen LogP contribution in [0.2, 0.25) is 10.0 Å². The number of nitrogens with one attached hydrogen (secondary N) is 2. The maximum Gasteiger partial charge on any atom is 0.322 e. The van der Waals surface area contributed by atoms with Gasteiger partial charge in [0.25, 0.3) is 0 Å². The van der Waals surface area contributed by atoms with E-state index in [2.05, 4.69) is 24.5 Å². The van der Waals surface area contributed by atoms with E-state index in [1.54, 1.807) is 25.1 Å². The maximum atomic E-state index is 12.1. The quantitative estimate of drug-likeness (QED) is 0.670. The van der Waals surface area contributed by atoms with Crippen LogP contribution in [0.4, 0.5) is 10.5 Å². The molecule has 0 heterocycles. The van der Waals surface area contributed by atoms with Crippen molar-refractivity contribution in [1.82, 2.24) is 5.32 Å². The Balaban J connectivity index is 1.98. The average molecular weight is 367 g/mol. The monoisotopic (exact) mass is 366 g/mol. The number of rotatable bonds is 5. The van der Waals surface area contributed by atoms with Crippen molar-refractivity contribution in [3.8, 4) is 5.75 Å². The zero-order valence-corrected chi connectivity index (χ0v) is 15.3. The van der Waals surface area contributed by atoms with E-state index in [0.717, 1.165) is 11.3 Å². The van der Waals surface area contributed by atoms with Crippen molar-refractivity contribution in [2.24, 2.45) is 0 Å². The lowest BCUT2D eigenvalue weighted by molar-refractivity contribution is 0.181. The molecular formula is C18H20Cl2N2O2. The maximum absolute atomic E-state index is 12.1. The Hall–Kier alpha value is -1.91. The molecule has 128 valence electrons. The number of halogens is 2. The molecule has 2 amide bonds. The van der Waals surface area contributed by atoms with Crippen LogP contribution >= 0.6 is 23.2 Å². The number of carbonyl (C=O) groups is 1. The van der Waals surface area contributed by atoms with Gasteiger partial charge in [-0.2, -0.15) is 0 Å². The lowest BCUT2D eigenvalue weighted by atomic mass is 10.0. The molecule has 6 heteroatoms. The fourth-order valence-electron chi connectivity index (χ4n) is 2.23. The minimum absolute atomic E-state index is 0.299. The van der Waals surface area contributed by atoms with Gasteiger partial charge in [-0.1, -0.05) is 61.3 Å². The zero-order valence-electron chi connectivity index (χ0n) is 13.8. The Morgan fingerprint density at radius 3 is 2.46 bits per heavy atom. The van der Waals surface area contributed by atoms with Crippen LogP contribution in [0.3, 0.4) is 0 Å². The topological polar surface area (TPSA) is 50.4 Å². The van der Waals surface area contributed by atoms with Crippen molar-refractivity contribution in [3.63, 3.8) is 0 Å². The molecule has 0 fully saturated rings. The second kappa shape index (κ2) is 8.27. The minimum atomic E-state index is -0.511. The van der Waals surface area contributed by atoms with Crippen LogP contribution in [0.5, 0.6) is 5.75 Å². The van der Waals surface area contributed by atoms with E-state index in [1.807, 2.05) is 24.3 Å². The molecule has 0 radical (unpaired) electrons. The highest BCUT2D eigenvalue weighted by atomic mass is 35.5. The summed E-state index contributed by atoms with van der Waals surface area (Å²) < 4.78 is 5.84. The van der Waals surface area contributed by atoms with Gasteiger partial charge in [0.05, 0.1) is 15.7 Å². The lowest BCUT2D eigenvalue weighted by Crippen LogP contribution is -2.39. The van der Waals surface area contributed by atoms with Gasteiger partial charge in [0, 0.05) is 0 Å². The number of ether oxygens (including phenoxy) is 1. The first-order valence-corrected chi connectivity index (χ1v) is 8.41. The van der Waals surface area contributed by atoms with Gasteiger partial charge in [-0.25, -0.2) is 4.79 Å². The Kier molecular flexibility index (Phi) is 6.35. The highest BCUT2D eigenvalue weighted by molar-refractivity contribution is 6.43. The number of hydrogen-bond donors (Lipinski definition) is 2. The number of anilines is 1. The Morgan fingerprint density at radius 1 is 1.04 bits per heavy atom. The molecule has 0 saturated heterocycles. The summed E-state index contributed by atoms with van der Waals surface area (Å²) in [5, 5.41) is 6.05. The number of benzene rings is 2. The molecule has 0 aliphatic carbocycles. The third-order valence-electron chi connectivity index (χ3n) is 3.38. The van der Waals surface area contributed by atoms with Crippen LogP contribution in [0.15, 0.2) is 42.5 Å². The first-order valence-electron chi connectivity index (χ1n) is 7.65. The first-order chi connectivity index (χ1) is 11.4. The standard InChI is InChI=1S/C18H20Cl2N2O2/c1-11(2)13-7-4-5-10-16(13)24-12(3)21-18(23)22-15-9-6-8-14(19)17(15)20/h4-12H,1-3H3,(H2,21,22,23). The van der Waals surface area contributed by atoms with Gasteiger partial charge in [-0.15, -0.1) is 0 Å². The Morgan fingerprint density at radius 2 is 1.75 bits per heavy atom. The van der Waals surface area contributed by atoms with E-state index < -0.39 is 12.3 Å². The van der Waals surface area contributed by atoms with Crippen LogP contribution in [0, 0.1) is 0 Å². The summed E-state index contributed by atoms with van der Waals surface area (Å²) in [7, 11) is 0. The second-order valence-electron chi connectivity index (χ2n) is 5.65. The number of carbonyl (C=O) groups excluding carboxylic acids is 1. The first kappa shape index (κ1) is 18.4. The molecule has 1 atom stereocenters. The summed E-state index contributed by atoms with van der Waals surface area (Å²) in [6.45, 7) is 5.94. The number of amides is 2. The van der Waals surface area contributed by atoms with E-state index in [1.165, 1.54) is 0 Å². The molecule has 0 spiro atoms. The molecular weight excluding hydrogens is 347 g/mol. The van der Waals surface area contributed by atoms with Gasteiger partial charge in [0.1, 0.15) is 5.75 Å². The summed E-state index contributed by atoms with van der Waals surface area (Å²) in [5.41, 5.74) is 1.53. The molecule has 0 bridgehead atoms.